The van der Waals surface area contributed by atoms with Crippen LogP contribution in [0.25, 0.3) is 10.9 Å². The third kappa shape index (κ3) is 4.23. The fourth-order valence-electron chi connectivity index (χ4n) is 3.14. The summed E-state index contributed by atoms with van der Waals surface area (Å²) in [6.07, 6.45) is 2.94. The molecule has 4 aromatic rings. The molecule has 0 amide bonds. The van der Waals surface area contributed by atoms with E-state index in [0.717, 1.165) is 27.8 Å². The van der Waals surface area contributed by atoms with Crippen LogP contribution in [0.4, 0.5) is 0 Å². The molecule has 0 fully saturated rings. The Balaban J connectivity index is 1.35. The average molecular weight is 371 g/mol. The minimum Gasteiger partial charge on any atom is -0.461 e. The van der Waals surface area contributed by atoms with Gasteiger partial charge in [0.05, 0.1) is 0 Å². The molecule has 4 nitrogen and oxygen atoms in total. The van der Waals surface area contributed by atoms with Crippen molar-refractivity contribution in [3.05, 3.63) is 96.2 Å². The summed E-state index contributed by atoms with van der Waals surface area (Å²) < 4.78 is 11.4. The van der Waals surface area contributed by atoms with Crippen LogP contribution in [0.2, 0.25) is 0 Å². The minimum absolute atomic E-state index is 0.190. The normalized spacial score (nSPS) is 10.7. The predicted molar refractivity (Wildman–Crippen MR) is 109 cm³/mol. The largest absolute Gasteiger partial charge is 0.461 e. The lowest BCUT2D eigenvalue weighted by Gasteiger charge is -2.11. The summed E-state index contributed by atoms with van der Waals surface area (Å²) in [7, 11) is 0. The molecule has 0 aliphatic carbocycles. The molecule has 0 saturated carbocycles. The van der Waals surface area contributed by atoms with Crippen LogP contribution in [-0.2, 0) is 22.6 Å². The van der Waals surface area contributed by atoms with Gasteiger partial charge in [-0.15, -0.1) is 0 Å². The van der Waals surface area contributed by atoms with Gasteiger partial charge in [-0.3, -0.25) is 4.79 Å². The molecule has 1 heterocycles. The molecule has 4 rings (SSSR count). The Labute approximate surface area is 163 Å². The monoisotopic (exact) mass is 371 g/mol. The van der Waals surface area contributed by atoms with E-state index in [2.05, 4.69) is 11.1 Å². The molecule has 28 heavy (non-hydrogen) atoms. The number of carbonyl (C=O) groups is 1. The van der Waals surface area contributed by atoms with Crippen molar-refractivity contribution < 1.29 is 14.3 Å². The Morgan fingerprint density at radius 1 is 0.821 bits per heavy atom. The second-order valence-electron chi connectivity index (χ2n) is 6.54. The number of ether oxygens (including phenoxy) is 2. The van der Waals surface area contributed by atoms with Gasteiger partial charge in [0.25, 0.3) is 0 Å². The summed E-state index contributed by atoms with van der Waals surface area (Å²) in [6.45, 7) is 0.190. The van der Waals surface area contributed by atoms with Crippen molar-refractivity contribution >= 4 is 16.9 Å². The molecule has 0 bridgehead atoms. The first-order valence-electron chi connectivity index (χ1n) is 9.31. The van der Waals surface area contributed by atoms with Gasteiger partial charge in [-0.1, -0.05) is 54.6 Å². The zero-order chi connectivity index (χ0) is 19.2. The minimum atomic E-state index is -0.222. The standard InChI is InChI=1S/C24H21NO3/c26-24(15-14-18-16-25-22-12-6-5-11-21(18)22)27-17-19-8-4-7-13-23(19)28-20-9-2-1-3-10-20/h1-13,16,25H,14-15,17H2. The molecule has 0 aliphatic heterocycles. The van der Waals surface area contributed by atoms with Crippen LogP contribution in [0.5, 0.6) is 11.5 Å². The van der Waals surface area contributed by atoms with Crippen LogP contribution in [0.3, 0.4) is 0 Å². The average Bonchev–Trinajstić information content (AvgIpc) is 3.15. The Hall–Kier alpha value is -3.53. The van der Waals surface area contributed by atoms with Gasteiger partial charge in [-0.05, 0) is 36.2 Å². The number of esters is 1. The number of hydrogen-bond donors (Lipinski definition) is 1. The maximum Gasteiger partial charge on any atom is 0.306 e. The number of aromatic nitrogens is 1. The Bertz CT molecular complexity index is 1070. The lowest BCUT2D eigenvalue weighted by Crippen LogP contribution is -2.06. The number of aromatic amines is 1. The molecule has 3 aromatic carbocycles. The smallest absolute Gasteiger partial charge is 0.306 e. The summed E-state index contributed by atoms with van der Waals surface area (Å²) in [5.41, 5.74) is 3.05. The Morgan fingerprint density at radius 3 is 2.46 bits per heavy atom. The Morgan fingerprint density at radius 2 is 1.57 bits per heavy atom. The molecule has 0 atom stereocenters. The van der Waals surface area contributed by atoms with E-state index in [1.54, 1.807) is 0 Å². The lowest BCUT2D eigenvalue weighted by molar-refractivity contribution is -0.144. The molecule has 0 unspecified atom stereocenters. The molecule has 0 spiro atoms. The molecule has 0 aliphatic rings. The van der Waals surface area contributed by atoms with Crippen molar-refractivity contribution in [2.75, 3.05) is 0 Å². The quantitative estimate of drug-likeness (QED) is 0.428. The van der Waals surface area contributed by atoms with Gasteiger partial charge in [0.15, 0.2) is 0 Å². The van der Waals surface area contributed by atoms with Gasteiger partial charge < -0.3 is 14.5 Å². The number of H-pyrrole nitrogens is 1. The first kappa shape index (κ1) is 17.9. The zero-order valence-electron chi connectivity index (χ0n) is 15.4. The highest BCUT2D eigenvalue weighted by atomic mass is 16.5. The van der Waals surface area contributed by atoms with Crippen LogP contribution in [0, 0.1) is 0 Å². The number of para-hydroxylation sites is 3. The van der Waals surface area contributed by atoms with Crippen molar-refractivity contribution in [3.8, 4) is 11.5 Å². The van der Waals surface area contributed by atoms with E-state index in [0.29, 0.717) is 18.6 Å². The lowest BCUT2D eigenvalue weighted by atomic mass is 10.1. The van der Waals surface area contributed by atoms with Crippen molar-refractivity contribution in [2.24, 2.45) is 0 Å². The maximum atomic E-state index is 12.2. The SMILES string of the molecule is O=C(CCc1c[nH]c2ccccc12)OCc1ccccc1Oc1ccccc1. The van der Waals surface area contributed by atoms with Gasteiger partial charge in [-0.25, -0.2) is 0 Å². The van der Waals surface area contributed by atoms with Gasteiger partial charge >= 0.3 is 5.97 Å². The van der Waals surface area contributed by atoms with Gasteiger partial charge in [0.2, 0.25) is 0 Å². The Kier molecular flexibility index (Phi) is 5.38. The first-order chi connectivity index (χ1) is 13.8. The highest BCUT2D eigenvalue weighted by Gasteiger charge is 2.10. The number of fused-ring (bicyclic) bond motifs is 1. The van der Waals surface area contributed by atoms with Crippen LogP contribution in [0.15, 0.2) is 85.1 Å². The molecule has 4 heteroatoms. The summed E-state index contributed by atoms with van der Waals surface area (Å²) in [5, 5.41) is 1.15. The summed E-state index contributed by atoms with van der Waals surface area (Å²) in [5.74, 6) is 1.22. The second kappa shape index (κ2) is 8.44. The van der Waals surface area contributed by atoms with E-state index in [1.165, 1.54) is 0 Å². The van der Waals surface area contributed by atoms with Crippen molar-refractivity contribution in [3.63, 3.8) is 0 Å². The number of aryl methyl sites for hydroxylation is 1. The fraction of sp³-hybridized carbons (Fsp3) is 0.125. The molecule has 0 radical (unpaired) electrons. The van der Waals surface area contributed by atoms with Crippen LogP contribution < -0.4 is 4.74 Å². The number of rotatable bonds is 7. The molecule has 0 saturated heterocycles. The van der Waals surface area contributed by atoms with Gasteiger partial charge in [0, 0.05) is 29.1 Å². The van der Waals surface area contributed by atoms with Crippen LogP contribution in [0.1, 0.15) is 17.5 Å². The number of nitrogens with one attached hydrogen (secondary N) is 1. The highest BCUT2D eigenvalue weighted by Crippen LogP contribution is 2.26. The third-order valence-electron chi connectivity index (χ3n) is 4.61. The van der Waals surface area contributed by atoms with E-state index in [-0.39, 0.29) is 12.6 Å². The number of hydrogen-bond acceptors (Lipinski definition) is 3. The molecule has 1 aromatic heterocycles. The van der Waals surface area contributed by atoms with Gasteiger partial charge in [-0.2, -0.15) is 0 Å². The summed E-state index contributed by atoms with van der Waals surface area (Å²) in [4.78, 5) is 15.5. The van der Waals surface area contributed by atoms with Gasteiger partial charge in [0.1, 0.15) is 18.1 Å². The van der Waals surface area contributed by atoms with E-state index >= 15 is 0 Å². The number of benzene rings is 3. The van der Waals surface area contributed by atoms with E-state index in [9.17, 15) is 4.79 Å². The summed E-state index contributed by atoms with van der Waals surface area (Å²) in [6, 6.07) is 25.2. The first-order valence-corrected chi connectivity index (χ1v) is 9.31. The molecule has 1 N–H and O–H groups in total. The van der Waals surface area contributed by atoms with Crippen LogP contribution >= 0.6 is 0 Å². The third-order valence-corrected chi connectivity index (χ3v) is 4.61. The zero-order valence-corrected chi connectivity index (χ0v) is 15.4. The van der Waals surface area contributed by atoms with Crippen molar-refractivity contribution in [2.45, 2.75) is 19.4 Å². The van der Waals surface area contributed by atoms with Crippen LogP contribution in [-0.4, -0.2) is 11.0 Å². The maximum absolute atomic E-state index is 12.2. The molecule has 140 valence electrons. The van der Waals surface area contributed by atoms with E-state index < -0.39 is 0 Å². The highest BCUT2D eigenvalue weighted by molar-refractivity contribution is 5.83. The fourth-order valence-corrected chi connectivity index (χ4v) is 3.14. The van der Waals surface area contributed by atoms with Crippen molar-refractivity contribution in [1.29, 1.82) is 0 Å². The number of carbonyl (C=O) groups excluding carboxylic acids is 1. The topological polar surface area (TPSA) is 51.3 Å². The van der Waals surface area contributed by atoms with Crippen molar-refractivity contribution in [1.82, 2.24) is 4.98 Å². The molecular weight excluding hydrogens is 350 g/mol. The predicted octanol–water partition coefficient (Wildman–Crippen LogP) is 5.64. The summed E-state index contributed by atoms with van der Waals surface area (Å²) >= 11 is 0. The van der Waals surface area contributed by atoms with E-state index in [1.807, 2.05) is 79.0 Å². The second-order valence-corrected chi connectivity index (χ2v) is 6.54. The molecular formula is C24H21NO3. The van der Waals surface area contributed by atoms with E-state index in [4.69, 9.17) is 9.47 Å².